The summed E-state index contributed by atoms with van der Waals surface area (Å²) in [6.45, 7) is 0.974. The Morgan fingerprint density at radius 3 is 2.64 bits per heavy atom. The fourth-order valence-corrected chi connectivity index (χ4v) is 2.97. The van der Waals surface area contributed by atoms with Gasteiger partial charge in [-0.25, -0.2) is 4.79 Å². The lowest BCUT2D eigenvalue weighted by Crippen LogP contribution is -2.29. The zero-order chi connectivity index (χ0) is 17.2. The predicted octanol–water partition coefficient (Wildman–Crippen LogP) is 2.64. The van der Waals surface area contributed by atoms with Gasteiger partial charge in [0.1, 0.15) is 5.75 Å². The minimum absolute atomic E-state index is 0.385. The number of rotatable bonds is 5. The molecule has 6 heteroatoms. The normalized spacial score (nSPS) is 11.2. The number of fused-ring (bicyclic) bond motifs is 3. The molecule has 0 bridgehead atoms. The van der Waals surface area contributed by atoms with Crippen LogP contribution in [0.25, 0.3) is 21.8 Å². The summed E-state index contributed by atoms with van der Waals surface area (Å²) in [6, 6.07) is 15.5. The van der Waals surface area contributed by atoms with E-state index in [1.54, 1.807) is 0 Å². The number of hydrogen-bond donors (Lipinski definition) is 2. The van der Waals surface area contributed by atoms with Crippen molar-refractivity contribution in [2.45, 2.75) is 13.0 Å². The molecule has 0 atom stereocenters. The fourth-order valence-electron chi connectivity index (χ4n) is 2.97. The van der Waals surface area contributed by atoms with Crippen molar-refractivity contribution in [1.29, 1.82) is 0 Å². The van der Waals surface area contributed by atoms with Crippen LogP contribution in [0.3, 0.4) is 0 Å². The van der Waals surface area contributed by atoms with Crippen LogP contribution in [0.1, 0.15) is 6.42 Å². The molecule has 2 N–H and O–H groups in total. The first kappa shape index (κ1) is 15.3. The van der Waals surface area contributed by atoms with Gasteiger partial charge in [-0.3, -0.25) is 9.78 Å². The Balaban J connectivity index is 1.43. The highest BCUT2D eigenvalue weighted by molar-refractivity contribution is 6.07. The molecule has 126 valence electrons. The Labute approximate surface area is 142 Å². The summed E-state index contributed by atoms with van der Waals surface area (Å²) in [5, 5.41) is 2.37. The largest absolute Gasteiger partial charge is 0.493 e. The molecule has 4 aromatic rings. The number of aromatic amines is 2. The Kier molecular flexibility index (Phi) is 3.85. The van der Waals surface area contributed by atoms with E-state index < -0.39 is 5.69 Å². The van der Waals surface area contributed by atoms with Crippen LogP contribution >= 0.6 is 0 Å². The Morgan fingerprint density at radius 1 is 0.920 bits per heavy atom. The Bertz CT molecular complexity index is 1150. The van der Waals surface area contributed by atoms with Crippen LogP contribution in [0.4, 0.5) is 0 Å². The molecule has 0 spiro atoms. The molecule has 0 fully saturated rings. The molecule has 0 aliphatic rings. The maximum Gasteiger partial charge on any atom is 0.328 e. The van der Waals surface area contributed by atoms with Gasteiger partial charge in [0.2, 0.25) is 0 Å². The molecule has 0 saturated carbocycles. The number of nitrogens with zero attached hydrogens (tertiary/aromatic N) is 1. The van der Waals surface area contributed by atoms with E-state index in [4.69, 9.17) is 4.74 Å². The lowest BCUT2D eigenvalue weighted by molar-refractivity contribution is 0.301. The van der Waals surface area contributed by atoms with Crippen LogP contribution in [0, 0.1) is 0 Å². The minimum Gasteiger partial charge on any atom is -0.493 e. The average molecular weight is 335 g/mol. The Hall–Kier alpha value is -3.28. The van der Waals surface area contributed by atoms with Gasteiger partial charge in [0, 0.05) is 41.2 Å². The van der Waals surface area contributed by atoms with Crippen molar-refractivity contribution in [3.8, 4) is 5.75 Å². The molecule has 6 nitrogen and oxygen atoms in total. The van der Waals surface area contributed by atoms with E-state index in [2.05, 4.69) is 28.2 Å². The summed E-state index contributed by atoms with van der Waals surface area (Å²) in [4.78, 5) is 28.3. The molecule has 0 aliphatic carbocycles. The lowest BCUT2D eigenvalue weighted by atomic mass is 10.1. The van der Waals surface area contributed by atoms with E-state index in [1.807, 2.05) is 24.3 Å². The van der Waals surface area contributed by atoms with Gasteiger partial charge in [-0.1, -0.05) is 18.2 Å². The number of nitrogens with one attached hydrogen (secondary N) is 2. The van der Waals surface area contributed by atoms with E-state index in [0.717, 1.165) is 16.8 Å². The van der Waals surface area contributed by atoms with Crippen molar-refractivity contribution < 1.29 is 4.74 Å². The van der Waals surface area contributed by atoms with Crippen LogP contribution in [0.2, 0.25) is 0 Å². The van der Waals surface area contributed by atoms with Gasteiger partial charge in [0.15, 0.2) is 0 Å². The lowest BCUT2D eigenvalue weighted by Gasteiger charge is -2.07. The zero-order valence-corrected chi connectivity index (χ0v) is 13.5. The molecule has 2 aromatic heterocycles. The average Bonchev–Trinajstić information content (AvgIpc) is 2.98. The van der Waals surface area contributed by atoms with Crippen molar-refractivity contribution in [2.75, 3.05) is 6.61 Å². The molecule has 2 heterocycles. The standard InChI is InChI=1S/C19H17N3O3/c23-18-8-10-22(19(24)21-18)9-3-11-25-13-6-7-15-14-4-1-2-5-16(14)20-17(15)12-13/h1-2,4-8,10,12,20H,3,9,11H2,(H,21,23,24). The molecular weight excluding hydrogens is 318 g/mol. The summed E-state index contributed by atoms with van der Waals surface area (Å²) in [6.07, 6.45) is 2.16. The SMILES string of the molecule is O=c1ccn(CCCOc2ccc3c(c2)[nH]c2ccccc23)c(=O)[nH]1. The fraction of sp³-hybridized carbons (Fsp3) is 0.158. The molecule has 0 aliphatic heterocycles. The van der Waals surface area contributed by atoms with Gasteiger partial charge in [0.05, 0.1) is 12.1 Å². The zero-order valence-electron chi connectivity index (χ0n) is 13.5. The van der Waals surface area contributed by atoms with Crippen molar-refractivity contribution in [1.82, 2.24) is 14.5 Å². The van der Waals surface area contributed by atoms with E-state index in [9.17, 15) is 9.59 Å². The minimum atomic E-state index is -0.396. The third-order valence-electron chi connectivity index (χ3n) is 4.19. The van der Waals surface area contributed by atoms with Crippen molar-refractivity contribution in [3.63, 3.8) is 0 Å². The predicted molar refractivity (Wildman–Crippen MR) is 97.2 cm³/mol. The van der Waals surface area contributed by atoms with Crippen molar-refractivity contribution in [2.24, 2.45) is 0 Å². The third kappa shape index (κ3) is 3.06. The van der Waals surface area contributed by atoms with Gasteiger partial charge in [-0.05, 0) is 24.6 Å². The Morgan fingerprint density at radius 2 is 1.76 bits per heavy atom. The highest BCUT2D eigenvalue weighted by atomic mass is 16.5. The van der Waals surface area contributed by atoms with Gasteiger partial charge >= 0.3 is 5.69 Å². The summed E-state index contributed by atoms with van der Waals surface area (Å²) in [5.41, 5.74) is 1.36. The van der Waals surface area contributed by atoms with Crippen LogP contribution in [0.5, 0.6) is 5.75 Å². The number of hydrogen-bond acceptors (Lipinski definition) is 3. The maximum absolute atomic E-state index is 11.6. The monoisotopic (exact) mass is 335 g/mol. The van der Waals surface area contributed by atoms with Crippen molar-refractivity contribution >= 4 is 21.8 Å². The molecule has 4 rings (SSSR count). The maximum atomic E-state index is 11.6. The van der Waals surface area contributed by atoms with Crippen LogP contribution in [0.15, 0.2) is 64.3 Å². The summed E-state index contributed by atoms with van der Waals surface area (Å²) in [5.74, 6) is 0.785. The number of H-pyrrole nitrogens is 2. The van der Waals surface area contributed by atoms with E-state index in [0.29, 0.717) is 19.6 Å². The number of para-hydroxylation sites is 1. The van der Waals surface area contributed by atoms with E-state index in [1.165, 1.54) is 27.6 Å². The molecule has 25 heavy (non-hydrogen) atoms. The highest BCUT2D eigenvalue weighted by Gasteiger charge is 2.05. The van der Waals surface area contributed by atoms with E-state index >= 15 is 0 Å². The second kappa shape index (κ2) is 6.32. The van der Waals surface area contributed by atoms with Gasteiger partial charge in [-0.2, -0.15) is 0 Å². The molecule has 0 unspecified atom stereocenters. The van der Waals surface area contributed by atoms with Crippen LogP contribution in [-0.4, -0.2) is 21.1 Å². The summed E-state index contributed by atoms with van der Waals surface area (Å²) >= 11 is 0. The molecule has 0 radical (unpaired) electrons. The second-order valence-corrected chi connectivity index (χ2v) is 5.88. The number of ether oxygens (including phenoxy) is 1. The number of aromatic nitrogens is 3. The first-order valence-electron chi connectivity index (χ1n) is 8.14. The van der Waals surface area contributed by atoms with Gasteiger partial charge in [-0.15, -0.1) is 0 Å². The van der Waals surface area contributed by atoms with Crippen LogP contribution < -0.4 is 16.0 Å². The number of benzene rings is 2. The molecular formula is C19H17N3O3. The number of aryl methyl sites for hydroxylation is 1. The smallest absolute Gasteiger partial charge is 0.328 e. The molecule has 0 saturated heterocycles. The highest BCUT2D eigenvalue weighted by Crippen LogP contribution is 2.28. The topological polar surface area (TPSA) is 79.9 Å². The van der Waals surface area contributed by atoms with Crippen molar-refractivity contribution in [3.05, 3.63) is 75.6 Å². The third-order valence-corrected chi connectivity index (χ3v) is 4.19. The first-order valence-corrected chi connectivity index (χ1v) is 8.14. The first-order chi connectivity index (χ1) is 12.2. The molecule has 0 amide bonds. The summed E-state index contributed by atoms with van der Waals surface area (Å²) < 4.78 is 7.25. The van der Waals surface area contributed by atoms with Gasteiger partial charge in [0.25, 0.3) is 5.56 Å². The summed E-state index contributed by atoms with van der Waals surface area (Å²) in [7, 11) is 0. The molecule has 2 aromatic carbocycles. The van der Waals surface area contributed by atoms with Crippen LogP contribution in [-0.2, 0) is 6.54 Å². The van der Waals surface area contributed by atoms with Gasteiger partial charge < -0.3 is 14.3 Å². The second-order valence-electron chi connectivity index (χ2n) is 5.88. The quantitative estimate of drug-likeness (QED) is 0.550. The van der Waals surface area contributed by atoms with E-state index in [-0.39, 0.29) is 5.56 Å².